The summed E-state index contributed by atoms with van der Waals surface area (Å²) in [5, 5.41) is 11.6. The van der Waals surface area contributed by atoms with Crippen LogP contribution in [0.4, 0.5) is 4.79 Å². The number of rotatable bonds is 5. The zero-order chi connectivity index (χ0) is 19.8. The van der Waals surface area contributed by atoms with Gasteiger partial charge >= 0.3 is 6.09 Å². The number of hydrogen-bond acceptors (Lipinski definition) is 2. The first kappa shape index (κ1) is 18.7. The van der Waals surface area contributed by atoms with Crippen molar-refractivity contribution in [2.45, 2.75) is 62.4 Å². The number of nitrogens with one attached hydrogen (secondary N) is 1. The van der Waals surface area contributed by atoms with Gasteiger partial charge in [0.25, 0.3) is 0 Å². The molecule has 152 valence electrons. The van der Waals surface area contributed by atoms with E-state index in [-0.39, 0.29) is 6.04 Å². The average molecular weight is 391 g/mol. The summed E-state index contributed by atoms with van der Waals surface area (Å²) in [6.07, 6.45) is 5.81. The Kier molecular flexibility index (Phi) is 5.04. The molecule has 2 aromatic rings. The molecule has 5 rings (SSSR count). The van der Waals surface area contributed by atoms with Gasteiger partial charge in [-0.1, -0.05) is 48.5 Å². The van der Waals surface area contributed by atoms with Gasteiger partial charge in [0, 0.05) is 18.0 Å². The Bertz CT molecular complexity index is 872. The van der Waals surface area contributed by atoms with Gasteiger partial charge in [0.2, 0.25) is 0 Å². The number of benzene rings is 2. The maximum Gasteiger partial charge on any atom is 0.404 e. The lowest BCUT2D eigenvalue weighted by atomic mass is 9.71. The summed E-state index contributed by atoms with van der Waals surface area (Å²) < 4.78 is 0. The quantitative estimate of drug-likeness (QED) is 0.788. The van der Waals surface area contributed by atoms with Crippen LogP contribution in [0.2, 0.25) is 0 Å². The molecule has 29 heavy (non-hydrogen) atoms. The van der Waals surface area contributed by atoms with Gasteiger partial charge < -0.3 is 10.4 Å². The summed E-state index contributed by atoms with van der Waals surface area (Å²) in [4.78, 5) is 13.6. The zero-order valence-corrected chi connectivity index (χ0v) is 16.9. The number of carboxylic acid groups (broad SMARTS) is 1. The van der Waals surface area contributed by atoms with Gasteiger partial charge in [-0.25, -0.2) is 4.79 Å². The third-order valence-corrected chi connectivity index (χ3v) is 7.34. The van der Waals surface area contributed by atoms with Crippen molar-refractivity contribution in [1.82, 2.24) is 10.2 Å². The van der Waals surface area contributed by atoms with Crippen LogP contribution in [0.25, 0.3) is 0 Å². The molecule has 1 saturated carbocycles. The summed E-state index contributed by atoms with van der Waals surface area (Å²) in [6, 6.07) is 18.8. The Morgan fingerprint density at radius 2 is 1.90 bits per heavy atom. The van der Waals surface area contributed by atoms with Crippen LogP contribution in [0.1, 0.15) is 59.8 Å². The minimum Gasteiger partial charge on any atom is -0.465 e. The van der Waals surface area contributed by atoms with Crippen molar-refractivity contribution in [1.29, 1.82) is 0 Å². The molecule has 2 aliphatic carbocycles. The van der Waals surface area contributed by atoms with E-state index in [2.05, 4.69) is 58.7 Å². The SMILES string of the molecule is O=C(O)N[C@H]1C[C@H](c2ccc3c(c2)[C@@H](Cc2ccccc2)[C@@H](N2CCC2)CC3)C1. The van der Waals surface area contributed by atoms with Crippen molar-refractivity contribution in [3.05, 3.63) is 70.8 Å². The Balaban J connectivity index is 1.40. The van der Waals surface area contributed by atoms with Gasteiger partial charge in [-0.3, -0.25) is 4.90 Å². The Morgan fingerprint density at radius 3 is 2.59 bits per heavy atom. The highest BCUT2D eigenvalue weighted by Crippen LogP contribution is 2.43. The van der Waals surface area contributed by atoms with Crippen LogP contribution in [0, 0.1) is 0 Å². The van der Waals surface area contributed by atoms with Crippen LogP contribution in [0.5, 0.6) is 0 Å². The van der Waals surface area contributed by atoms with Crippen molar-refractivity contribution < 1.29 is 9.90 Å². The maximum absolute atomic E-state index is 10.9. The van der Waals surface area contributed by atoms with Crippen molar-refractivity contribution in [3.8, 4) is 0 Å². The fourth-order valence-corrected chi connectivity index (χ4v) is 5.56. The fourth-order valence-electron chi connectivity index (χ4n) is 5.56. The van der Waals surface area contributed by atoms with Crippen LogP contribution < -0.4 is 5.32 Å². The van der Waals surface area contributed by atoms with Crippen LogP contribution in [0.3, 0.4) is 0 Å². The molecule has 1 amide bonds. The number of fused-ring (bicyclic) bond motifs is 1. The van der Waals surface area contributed by atoms with E-state index in [9.17, 15) is 4.79 Å². The van der Waals surface area contributed by atoms with Crippen LogP contribution in [-0.4, -0.2) is 41.3 Å². The summed E-state index contributed by atoms with van der Waals surface area (Å²) in [7, 11) is 0. The standard InChI is InChI=1S/C25H30N2O2/c28-25(29)26-21-14-20(15-21)19-8-7-18-9-10-24(27-11-4-12-27)23(22(18)16-19)13-17-5-2-1-3-6-17/h1-3,5-8,16,20-21,23-24,26H,4,9-15H2,(H,28,29)/t20-,21-,23-,24+/m1/s1. The third kappa shape index (κ3) is 3.78. The van der Waals surface area contributed by atoms with E-state index in [1.807, 2.05) is 0 Å². The highest BCUT2D eigenvalue weighted by atomic mass is 16.4. The Morgan fingerprint density at radius 1 is 1.10 bits per heavy atom. The van der Waals surface area contributed by atoms with Gasteiger partial charge in [0.1, 0.15) is 0 Å². The first-order chi connectivity index (χ1) is 14.2. The van der Waals surface area contributed by atoms with Crippen molar-refractivity contribution in [2.75, 3.05) is 13.1 Å². The summed E-state index contributed by atoms with van der Waals surface area (Å²) in [6.45, 7) is 2.49. The van der Waals surface area contributed by atoms with Gasteiger partial charge in [-0.05, 0) is 79.8 Å². The van der Waals surface area contributed by atoms with E-state index in [0.717, 1.165) is 19.3 Å². The van der Waals surface area contributed by atoms with E-state index >= 15 is 0 Å². The molecule has 4 nitrogen and oxygen atoms in total. The Hall–Kier alpha value is -2.33. The number of likely N-dealkylation sites (tertiary alicyclic amines) is 1. The molecule has 0 unspecified atom stereocenters. The molecule has 4 heteroatoms. The topological polar surface area (TPSA) is 52.6 Å². The second kappa shape index (κ2) is 7.83. The molecule has 0 bridgehead atoms. The normalized spacial score (nSPS) is 28.7. The van der Waals surface area contributed by atoms with Gasteiger partial charge in [-0.15, -0.1) is 0 Å². The number of aryl methyl sites for hydroxylation is 1. The van der Waals surface area contributed by atoms with Crippen molar-refractivity contribution in [3.63, 3.8) is 0 Å². The summed E-state index contributed by atoms with van der Waals surface area (Å²) >= 11 is 0. The molecule has 1 heterocycles. The number of hydrogen-bond donors (Lipinski definition) is 2. The van der Waals surface area contributed by atoms with Crippen molar-refractivity contribution >= 4 is 6.09 Å². The molecule has 2 atom stereocenters. The number of amides is 1. The van der Waals surface area contributed by atoms with Crippen LogP contribution in [0.15, 0.2) is 48.5 Å². The molecular formula is C25H30N2O2. The molecule has 0 spiro atoms. The molecule has 2 N–H and O–H groups in total. The zero-order valence-electron chi connectivity index (χ0n) is 16.9. The number of carbonyl (C=O) groups is 1. The largest absolute Gasteiger partial charge is 0.465 e. The second-order valence-corrected chi connectivity index (χ2v) is 9.06. The predicted octanol–water partition coefficient (Wildman–Crippen LogP) is 4.55. The molecule has 2 fully saturated rings. The highest BCUT2D eigenvalue weighted by Gasteiger charge is 2.37. The van der Waals surface area contributed by atoms with E-state index in [0.29, 0.717) is 17.9 Å². The Labute approximate surface area is 172 Å². The first-order valence-electron chi connectivity index (χ1n) is 11.1. The lowest BCUT2D eigenvalue weighted by molar-refractivity contribution is 0.0876. The average Bonchev–Trinajstić information content (AvgIpc) is 2.65. The molecular weight excluding hydrogens is 360 g/mol. The van der Waals surface area contributed by atoms with E-state index in [1.54, 1.807) is 5.56 Å². The van der Waals surface area contributed by atoms with Crippen molar-refractivity contribution in [2.24, 2.45) is 0 Å². The van der Waals surface area contributed by atoms with E-state index in [4.69, 9.17) is 5.11 Å². The highest BCUT2D eigenvalue weighted by molar-refractivity contribution is 5.65. The van der Waals surface area contributed by atoms with Gasteiger partial charge in [0.15, 0.2) is 0 Å². The molecule has 0 radical (unpaired) electrons. The lowest BCUT2D eigenvalue weighted by Crippen LogP contribution is -2.50. The lowest BCUT2D eigenvalue weighted by Gasteiger charge is -2.46. The maximum atomic E-state index is 10.9. The molecule has 1 saturated heterocycles. The first-order valence-corrected chi connectivity index (χ1v) is 11.1. The minimum absolute atomic E-state index is 0.113. The molecule has 3 aliphatic rings. The third-order valence-electron chi connectivity index (χ3n) is 7.34. The van der Waals surface area contributed by atoms with Crippen LogP contribution >= 0.6 is 0 Å². The minimum atomic E-state index is -0.904. The summed E-state index contributed by atoms with van der Waals surface area (Å²) in [5.74, 6) is 1.04. The molecule has 1 aliphatic heterocycles. The van der Waals surface area contributed by atoms with E-state index in [1.165, 1.54) is 49.0 Å². The fraction of sp³-hybridized carbons (Fsp3) is 0.480. The van der Waals surface area contributed by atoms with Crippen LogP contribution in [-0.2, 0) is 12.8 Å². The van der Waals surface area contributed by atoms with E-state index < -0.39 is 6.09 Å². The van der Waals surface area contributed by atoms with Gasteiger partial charge in [0.05, 0.1) is 0 Å². The summed E-state index contributed by atoms with van der Waals surface area (Å²) in [5.41, 5.74) is 5.89. The smallest absolute Gasteiger partial charge is 0.404 e. The number of nitrogens with zero attached hydrogens (tertiary/aromatic N) is 1. The van der Waals surface area contributed by atoms with Gasteiger partial charge in [-0.2, -0.15) is 0 Å². The second-order valence-electron chi connectivity index (χ2n) is 9.06. The predicted molar refractivity (Wildman–Crippen MR) is 115 cm³/mol. The molecule has 2 aromatic carbocycles. The molecule has 0 aromatic heterocycles. The monoisotopic (exact) mass is 390 g/mol.